The molecule has 0 saturated heterocycles. The van der Waals surface area contributed by atoms with Crippen LogP contribution in [0.1, 0.15) is 24.6 Å². The largest absolute Gasteiger partial charge is 0.480 e. The molecule has 1 N–H and O–H groups in total. The minimum Gasteiger partial charge on any atom is -0.480 e. The fourth-order valence-electron chi connectivity index (χ4n) is 2.66. The normalized spacial score (nSPS) is 17.8. The first-order chi connectivity index (χ1) is 9.59. The smallest absolute Gasteiger partial charge is 0.326 e. The fraction of sp³-hybridized carbons (Fsp3) is 0.286. The third kappa shape index (κ3) is 1.98. The second-order valence-electron chi connectivity index (χ2n) is 4.77. The highest BCUT2D eigenvalue weighted by molar-refractivity contribution is 6.30. The molecule has 2 heterocycles. The van der Waals surface area contributed by atoms with E-state index in [-0.39, 0.29) is 16.5 Å². The quantitative estimate of drug-likeness (QED) is 0.924. The number of fused-ring (bicyclic) bond motifs is 1. The van der Waals surface area contributed by atoms with Gasteiger partial charge in [0.15, 0.2) is 5.15 Å². The number of imidazole rings is 1. The average molecular weight is 295 g/mol. The van der Waals surface area contributed by atoms with Crippen LogP contribution in [0.3, 0.4) is 0 Å². The molecule has 20 heavy (non-hydrogen) atoms. The molecule has 1 unspecified atom stereocenters. The topological polar surface area (TPSA) is 55.1 Å². The maximum Gasteiger partial charge on any atom is 0.326 e. The highest BCUT2D eigenvalue weighted by Gasteiger charge is 2.31. The molecule has 104 valence electrons. The van der Waals surface area contributed by atoms with Gasteiger partial charge in [-0.05, 0) is 31.4 Å². The summed E-state index contributed by atoms with van der Waals surface area (Å²) in [5.74, 6) is -1.10. The Balaban J connectivity index is 2.23. The molecule has 4 nitrogen and oxygen atoms in total. The predicted molar refractivity (Wildman–Crippen MR) is 72.2 cm³/mol. The van der Waals surface area contributed by atoms with Gasteiger partial charge in [0, 0.05) is 0 Å². The summed E-state index contributed by atoms with van der Waals surface area (Å²) >= 11 is 6.09. The van der Waals surface area contributed by atoms with Crippen LogP contribution in [-0.4, -0.2) is 20.6 Å². The number of carboxylic acids is 1. The number of carboxylic acid groups (broad SMARTS) is 1. The highest BCUT2D eigenvalue weighted by atomic mass is 35.5. The third-order valence-electron chi connectivity index (χ3n) is 3.56. The van der Waals surface area contributed by atoms with E-state index >= 15 is 0 Å². The van der Waals surface area contributed by atoms with E-state index in [0.717, 1.165) is 6.42 Å². The number of benzene rings is 1. The average Bonchev–Trinajstić information content (AvgIpc) is 2.77. The fourth-order valence-corrected chi connectivity index (χ4v) is 2.92. The number of hydrogen-bond donors (Lipinski definition) is 1. The van der Waals surface area contributed by atoms with Crippen LogP contribution in [-0.2, 0) is 11.2 Å². The number of rotatable bonds is 2. The number of aliphatic carboxylic acids is 1. The lowest BCUT2D eigenvalue weighted by Crippen LogP contribution is -2.25. The first kappa shape index (κ1) is 13.1. The minimum absolute atomic E-state index is 0.259. The monoisotopic (exact) mass is 294 g/mol. The van der Waals surface area contributed by atoms with Crippen molar-refractivity contribution in [3.63, 3.8) is 0 Å². The van der Waals surface area contributed by atoms with Crippen LogP contribution in [0.25, 0.3) is 11.4 Å². The molecule has 3 rings (SSSR count). The van der Waals surface area contributed by atoms with Gasteiger partial charge in [-0.1, -0.05) is 23.7 Å². The molecule has 0 saturated carbocycles. The third-order valence-corrected chi connectivity index (χ3v) is 3.87. The molecule has 0 bridgehead atoms. The molecule has 2 aromatic rings. The van der Waals surface area contributed by atoms with Crippen LogP contribution in [0.4, 0.5) is 4.39 Å². The van der Waals surface area contributed by atoms with Crippen molar-refractivity contribution in [3.05, 3.63) is 40.9 Å². The van der Waals surface area contributed by atoms with Crippen molar-refractivity contribution in [1.29, 1.82) is 0 Å². The van der Waals surface area contributed by atoms with Crippen LogP contribution < -0.4 is 0 Å². The lowest BCUT2D eigenvalue weighted by atomic mass is 10.0. The Labute approximate surface area is 119 Å². The number of nitrogens with zero attached hydrogens (tertiary/aromatic N) is 2. The number of carbonyl (C=O) groups is 1. The zero-order valence-corrected chi connectivity index (χ0v) is 11.3. The van der Waals surface area contributed by atoms with Gasteiger partial charge in [-0.25, -0.2) is 14.2 Å². The Bertz CT molecular complexity index is 684. The van der Waals surface area contributed by atoms with Crippen LogP contribution in [0.5, 0.6) is 0 Å². The van der Waals surface area contributed by atoms with Crippen molar-refractivity contribution < 1.29 is 14.3 Å². The van der Waals surface area contributed by atoms with E-state index < -0.39 is 17.8 Å². The SMILES string of the molecule is O=C(O)C1CCCc2c(Cl)nc(-c3ccccc3F)n21. The molecular weight excluding hydrogens is 283 g/mol. The minimum atomic E-state index is -0.947. The van der Waals surface area contributed by atoms with Gasteiger partial charge in [0.05, 0.1) is 11.3 Å². The summed E-state index contributed by atoms with van der Waals surface area (Å²) in [4.78, 5) is 15.6. The Kier molecular flexibility index (Phi) is 3.22. The van der Waals surface area contributed by atoms with Gasteiger partial charge in [-0.15, -0.1) is 0 Å². The summed E-state index contributed by atoms with van der Waals surface area (Å²) in [6.07, 6.45) is 1.89. The summed E-state index contributed by atoms with van der Waals surface area (Å²) in [5.41, 5.74) is 0.942. The first-order valence-electron chi connectivity index (χ1n) is 6.34. The van der Waals surface area contributed by atoms with Crippen molar-refractivity contribution >= 4 is 17.6 Å². The van der Waals surface area contributed by atoms with Crippen molar-refractivity contribution in [2.45, 2.75) is 25.3 Å². The highest BCUT2D eigenvalue weighted by Crippen LogP contribution is 2.36. The molecule has 0 aliphatic carbocycles. The summed E-state index contributed by atoms with van der Waals surface area (Å²) in [6, 6.07) is 5.42. The molecule has 1 aliphatic heterocycles. The molecule has 0 radical (unpaired) electrons. The van der Waals surface area contributed by atoms with Gasteiger partial charge in [0.2, 0.25) is 0 Å². The first-order valence-corrected chi connectivity index (χ1v) is 6.71. The second kappa shape index (κ2) is 4.90. The van der Waals surface area contributed by atoms with Gasteiger partial charge >= 0.3 is 5.97 Å². The molecule has 1 aromatic carbocycles. The van der Waals surface area contributed by atoms with E-state index in [0.29, 0.717) is 18.5 Å². The summed E-state index contributed by atoms with van der Waals surface area (Å²) in [6.45, 7) is 0. The van der Waals surface area contributed by atoms with Crippen LogP contribution >= 0.6 is 11.6 Å². The number of halogens is 2. The van der Waals surface area contributed by atoms with Gasteiger partial charge in [-0.3, -0.25) is 0 Å². The van der Waals surface area contributed by atoms with E-state index in [4.69, 9.17) is 11.6 Å². The number of hydrogen-bond acceptors (Lipinski definition) is 2. The summed E-state index contributed by atoms with van der Waals surface area (Å²) in [5, 5.41) is 9.61. The standard InChI is InChI=1S/C14H12ClFN2O2/c15-12-10-6-3-7-11(14(19)20)18(10)13(17-12)8-4-1-2-5-9(8)16/h1-2,4-5,11H,3,6-7H2,(H,19,20). The molecule has 0 spiro atoms. The molecule has 1 aromatic heterocycles. The molecule has 1 atom stereocenters. The van der Waals surface area contributed by atoms with Crippen LogP contribution in [0.2, 0.25) is 5.15 Å². The molecule has 0 fully saturated rings. The lowest BCUT2D eigenvalue weighted by Gasteiger charge is -2.24. The van der Waals surface area contributed by atoms with Gasteiger partial charge in [0.25, 0.3) is 0 Å². The maximum absolute atomic E-state index is 13.9. The molecule has 0 amide bonds. The van der Waals surface area contributed by atoms with E-state index in [1.807, 2.05) is 0 Å². The number of aromatic nitrogens is 2. The van der Waals surface area contributed by atoms with E-state index in [9.17, 15) is 14.3 Å². The van der Waals surface area contributed by atoms with Crippen LogP contribution in [0.15, 0.2) is 24.3 Å². The van der Waals surface area contributed by atoms with E-state index in [2.05, 4.69) is 4.98 Å². The van der Waals surface area contributed by atoms with Crippen molar-refractivity contribution in [2.75, 3.05) is 0 Å². The van der Waals surface area contributed by atoms with E-state index in [1.165, 1.54) is 6.07 Å². The second-order valence-corrected chi connectivity index (χ2v) is 5.13. The maximum atomic E-state index is 13.9. The van der Waals surface area contributed by atoms with E-state index in [1.54, 1.807) is 22.8 Å². The van der Waals surface area contributed by atoms with Crippen molar-refractivity contribution in [2.24, 2.45) is 0 Å². The summed E-state index contributed by atoms with van der Waals surface area (Å²) < 4.78 is 15.5. The Morgan fingerprint density at radius 2 is 2.20 bits per heavy atom. The summed E-state index contributed by atoms with van der Waals surface area (Å²) in [7, 11) is 0. The van der Waals surface area contributed by atoms with Crippen molar-refractivity contribution in [1.82, 2.24) is 9.55 Å². The molecule has 1 aliphatic rings. The van der Waals surface area contributed by atoms with Crippen molar-refractivity contribution in [3.8, 4) is 11.4 Å². The van der Waals surface area contributed by atoms with Gasteiger partial charge in [-0.2, -0.15) is 0 Å². The predicted octanol–water partition coefficient (Wildman–Crippen LogP) is 3.30. The lowest BCUT2D eigenvalue weighted by molar-refractivity contribution is -0.141. The molecule has 6 heteroatoms. The van der Waals surface area contributed by atoms with Gasteiger partial charge in [0.1, 0.15) is 17.7 Å². The van der Waals surface area contributed by atoms with Crippen LogP contribution in [0, 0.1) is 5.82 Å². The Hall–Kier alpha value is -1.88. The van der Waals surface area contributed by atoms with Gasteiger partial charge < -0.3 is 9.67 Å². The Morgan fingerprint density at radius 3 is 2.90 bits per heavy atom. The zero-order valence-electron chi connectivity index (χ0n) is 10.5. The zero-order chi connectivity index (χ0) is 14.3. The molecular formula is C14H12ClFN2O2. The Morgan fingerprint density at radius 1 is 1.45 bits per heavy atom.